The van der Waals surface area contributed by atoms with Crippen LogP contribution in [0, 0.1) is 5.92 Å². The fraction of sp³-hybridized carbons (Fsp3) is 1.00. The van der Waals surface area contributed by atoms with Crippen LogP contribution in [0.15, 0.2) is 0 Å². The average Bonchev–Trinajstić information content (AvgIpc) is 1.85. The van der Waals surface area contributed by atoms with Crippen LogP contribution in [0.25, 0.3) is 0 Å². The zero-order chi connectivity index (χ0) is 8.85. The summed E-state index contributed by atoms with van der Waals surface area (Å²) in [5.41, 5.74) is 0. The van der Waals surface area contributed by atoms with Crippen molar-refractivity contribution in [3.8, 4) is 0 Å². The van der Waals surface area contributed by atoms with E-state index in [4.69, 9.17) is 5.11 Å². The third-order valence-electron chi connectivity index (χ3n) is 1.67. The molecule has 0 rings (SSSR count). The van der Waals surface area contributed by atoms with E-state index < -0.39 is 0 Å². The van der Waals surface area contributed by atoms with Crippen molar-refractivity contribution < 1.29 is 5.11 Å². The Hall–Kier alpha value is -0.0800. The lowest BCUT2D eigenvalue weighted by molar-refractivity contribution is 0.237. The van der Waals surface area contributed by atoms with Gasteiger partial charge in [-0.25, -0.2) is 0 Å². The van der Waals surface area contributed by atoms with E-state index in [0.717, 1.165) is 5.92 Å². The molecule has 68 valence electrons. The quantitative estimate of drug-likeness (QED) is 0.635. The maximum atomic E-state index is 8.76. The fourth-order valence-corrected chi connectivity index (χ4v) is 1.31. The molecular weight excluding hydrogens is 138 g/mol. The lowest BCUT2D eigenvalue weighted by Gasteiger charge is -2.19. The minimum absolute atomic E-state index is 0.225. The SMILES string of the molecule is CC(C)C[C@H](C)N[C@@H](C)CO. The average molecular weight is 159 g/mol. The van der Waals surface area contributed by atoms with Crippen molar-refractivity contribution in [1.82, 2.24) is 5.32 Å². The third-order valence-corrected chi connectivity index (χ3v) is 1.67. The zero-order valence-corrected chi connectivity index (χ0v) is 8.09. The Morgan fingerprint density at radius 3 is 2.00 bits per heavy atom. The predicted octanol–water partition coefficient (Wildman–Crippen LogP) is 1.39. The summed E-state index contributed by atoms with van der Waals surface area (Å²) in [7, 11) is 0. The monoisotopic (exact) mass is 159 g/mol. The fourth-order valence-electron chi connectivity index (χ4n) is 1.31. The van der Waals surface area contributed by atoms with E-state index in [9.17, 15) is 0 Å². The highest BCUT2D eigenvalue weighted by atomic mass is 16.3. The molecule has 0 aromatic rings. The van der Waals surface area contributed by atoms with Crippen molar-refractivity contribution in [2.45, 2.75) is 46.2 Å². The van der Waals surface area contributed by atoms with Gasteiger partial charge in [-0.2, -0.15) is 0 Å². The number of hydrogen-bond acceptors (Lipinski definition) is 2. The number of aliphatic hydroxyl groups excluding tert-OH is 1. The van der Waals surface area contributed by atoms with Gasteiger partial charge < -0.3 is 10.4 Å². The largest absolute Gasteiger partial charge is 0.395 e. The van der Waals surface area contributed by atoms with Gasteiger partial charge in [0.05, 0.1) is 6.61 Å². The van der Waals surface area contributed by atoms with Gasteiger partial charge in [-0.1, -0.05) is 13.8 Å². The van der Waals surface area contributed by atoms with Crippen LogP contribution in [-0.2, 0) is 0 Å². The van der Waals surface area contributed by atoms with Crippen molar-refractivity contribution >= 4 is 0 Å². The standard InChI is InChI=1S/C9H21NO/c1-7(2)5-8(3)10-9(4)6-11/h7-11H,5-6H2,1-4H3/t8-,9-/m0/s1. The molecule has 0 saturated heterocycles. The second-order valence-electron chi connectivity index (χ2n) is 3.78. The molecule has 0 saturated carbocycles. The molecule has 2 N–H and O–H groups in total. The lowest BCUT2D eigenvalue weighted by Crippen LogP contribution is -2.37. The van der Waals surface area contributed by atoms with Gasteiger partial charge in [-0.05, 0) is 26.2 Å². The Balaban J connectivity index is 3.43. The maximum absolute atomic E-state index is 8.76. The van der Waals surface area contributed by atoms with Gasteiger partial charge in [0.2, 0.25) is 0 Å². The summed E-state index contributed by atoms with van der Waals surface area (Å²) in [6.45, 7) is 8.80. The van der Waals surface area contributed by atoms with Crippen molar-refractivity contribution in [2.24, 2.45) is 5.92 Å². The minimum atomic E-state index is 0.225. The van der Waals surface area contributed by atoms with Crippen molar-refractivity contribution in [3.63, 3.8) is 0 Å². The Morgan fingerprint density at radius 1 is 1.09 bits per heavy atom. The number of nitrogens with one attached hydrogen (secondary N) is 1. The Kier molecular flexibility index (Phi) is 5.51. The highest BCUT2D eigenvalue weighted by Gasteiger charge is 2.07. The summed E-state index contributed by atoms with van der Waals surface area (Å²) in [6, 6.07) is 0.737. The van der Waals surface area contributed by atoms with Crippen LogP contribution in [0.2, 0.25) is 0 Å². The normalized spacial score (nSPS) is 16.9. The Bertz CT molecular complexity index is 93.6. The zero-order valence-electron chi connectivity index (χ0n) is 8.09. The third kappa shape index (κ3) is 6.32. The van der Waals surface area contributed by atoms with Gasteiger partial charge in [0.25, 0.3) is 0 Å². The van der Waals surface area contributed by atoms with Gasteiger partial charge in [0, 0.05) is 12.1 Å². The molecule has 11 heavy (non-hydrogen) atoms. The first-order chi connectivity index (χ1) is 5.06. The molecule has 0 aliphatic rings. The first-order valence-corrected chi connectivity index (χ1v) is 4.43. The van der Waals surface area contributed by atoms with Crippen LogP contribution in [0.3, 0.4) is 0 Å². The maximum Gasteiger partial charge on any atom is 0.0582 e. The highest BCUT2D eigenvalue weighted by Crippen LogP contribution is 2.04. The van der Waals surface area contributed by atoms with E-state index in [-0.39, 0.29) is 12.6 Å². The molecule has 0 amide bonds. The van der Waals surface area contributed by atoms with Crippen LogP contribution >= 0.6 is 0 Å². The van der Waals surface area contributed by atoms with Gasteiger partial charge >= 0.3 is 0 Å². The summed E-state index contributed by atoms with van der Waals surface area (Å²) >= 11 is 0. The van der Waals surface area contributed by atoms with Crippen LogP contribution < -0.4 is 5.32 Å². The minimum Gasteiger partial charge on any atom is -0.395 e. The van der Waals surface area contributed by atoms with Crippen molar-refractivity contribution in [1.29, 1.82) is 0 Å². The summed E-state index contributed by atoms with van der Waals surface area (Å²) in [5, 5.41) is 12.1. The van der Waals surface area contributed by atoms with E-state index in [1.807, 2.05) is 6.92 Å². The molecule has 0 unspecified atom stereocenters. The molecule has 2 nitrogen and oxygen atoms in total. The summed E-state index contributed by atoms with van der Waals surface area (Å²) < 4.78 is 0. The molecule has 0 aliphatic carbocycles. The molecule has 0 heterocycles. The summed E-state index contributed by atoms with van der Waals surface area (Å²) in [6.07, 6.45) is 1.17. The molecule has 2 heteroatoms. The molecule has 0 fully saturated rings. The molecule has 0 aliphatic heterocycles. The van der Waals surface area contributed by atoms with Gasteiger partial charge in [-0.3, -0.25) is 0 Å². The van der Waals surface area contributed by atoms with E-state index >= 15 is 0 Å². The molecule has 0 aromatic carbocycles. The van der Waals surface area contributed by atoms with Gasteiger partial charge in [-0.15, -0.1) is 0 Å². The first-order valence-electron chi connectivity index (χ1n) is 4.43. The number of rotatable bonds is 5. The van der Waals surface area contributed by atoms with Crippen molar-refractivity contribution in [3.05, 3.63) is 0 Å². The predicted molar refractivity (Wildman–Crippen MR) is 48.6 cm³/mol. The molecule has 2 atom stereocenters. The first kappa shape index (κ1) is 10.9. The van der Waals surface area contributed by atoms with E-state index in [2.05, 4.69) is 26.1 Å². The smallest absolute Gasteiger partial charge is 0.0582 e. The summed E-state index contributed by atoms with van der Waals surface area (Å²) in [5.74, 6) is 0.725. The van der Waals surface area contributed by atoms with Gasteiger partial charge in [0.1, 0.15) is 0 Å². The highest BCUT2D eigenvalue weighted by molar-refractivity contribution is 4.67. The Morgan fingerprint density at radius 2 is 1.64 bits per heavy atom. The number of aliphatic hydroxyl groups is 1. The summed E-state index contributed by atoms with van der Waals surface area (Å²) in [4.78, 5) is 0. The van der Waals surface area contributed by atoms with Crippen LogP contribution in [0.1, 0.15) is 34.1 Å². The van der Waals surface area contributed by atoms with E-state index in [0.29, 0.717) is 6.04 Å². The second kappa shape index (κ2) is 5.56. The Labute approximate surface area is 70.0 Å². The lowest BCUT2D eigenvalue weighted by atomic mass is 10.0. The molecule has 0 aromatic heterocycles. The molecular formula is C9H21NO. The van der Waals surface area contributed by atoms with Crippen molar-refractivity contribution in [2.75, 3.05) is 6.61 Å². The van der Waals surface area contributed by atoms with Crippen LogP contribution in [-0.4, -0.2) is 23.8 Å². The molecule has 0 bridgehead atoms. The molecule has 0 spiro atoms. The van der Waals surface area contributed by atoms with E-state index in [1.54, 1.807) is 0 Å². The second-order valence-corrected chi connectivity index (χ2v) is 3.78. The van der Waals surface area contributed by atoms with Crippen LogP contribution in [0.4, 0.5) is 0 Å². The van der Waals surface area contributed by atoms with E-state index in [1.165, 1.54) is 6.42 Å². The van der Waals surface area contributed by atoms with Gasteiger partial charge in [0.15, 0.2) is 0 Å². The number of hydrogen-bond donors (Lipinski definition) is 2. The van der Waals surface area contributed by atoms with Crippen LogP contribution in [0.5, 0.6) is 0 Å². The topological polar surface area (TPSA) is 32.3 Å². The molecule has 0 radical (unpaired) electrons.